The van der Waals surface area contributed by atoms with E-state index in [-0.39, 0.29) is 0 Å². The van der Waals surface area contributed by atoms with Crippen molar-refractivity contribution in [2.75, 3.05) is 78.7 Å². The van der Waals surface area contributed by atoms with Gasteiger partial charge in [-0.3, -0.25) is 14.7 Å². The summed E-state index contributed by atoms with van der Waals surface area (Å²) in [7, 11) is 0. The SMILES string of the molecule is CCCCCCCCCCC(O)CN(CCCOCc1cc(COCCCN(CC(O)CCCCCCCCCC)CC(O)CCCCCCCCCC)cc(COCCCN(CC(O)CCCCCCCCCC)CC(O)CCCCCCCCCC)c1)CC(O)CCCCCCCCCC. The first-order valence-corrected chi connectivity index (χ1v) is 45.1. The van der Waals surface area contributed by atoms with Crippen molar-refractivity contribution in [3.63, 3.8) is 0 Å². The van der Waals surface area contributed by atoms with Crippen LogP contribution in [0.15, 0.2) is 18.2 Å². The van der Waals surface area contributed by atoms with Gasteiger partial charge in [-0.05, 0) is 74.5 Å². The van der Waals surface area contributed by atoms with Crippen LogP contribution in [0.4, 0.5) is 0 Å². The lowest BCUT2D eigenvalue weighted by molar-refractivity contribution is 0.0501. The van der Waals surface area contributed by atoms with Crippen molar-refractivity contribution in [1.29, 1.82) is 0 Å². The average Bonchev–Trinajstić information content (AvgIpc) is 0.886. The van der Waals surface area contributed by atoms with E-state index in [1.807, 2.05) is 0 Å². The summed E-state index contributed by atoms with van der Waals surface area (Å²) in [4.78, 5) is 6.88. The molecule has 0 amide bonds. The minimum absolute atomic E-state index is 0.404. The molecule has 0 aliphatic carbocycles. The second kappa shape index (κ2) is 76.5. The Hall–Kier alpha value is -1.26. The molecule has 0 fully saturated rings. The molecule has 0 aromatic heterocycles. The number of ether oxygens (including phenoxy) is 3. The van der Waals surface area contributed by atoms with Gasteiger partial charge in [0.2, 0.25) is 0 Å². The molecule has 0 aliphatic heterocycles. The molecule has 0 radical (unpaired) electrons. The molecule has 0 bridgehead atoms. The van der Waals surface area contributed by atoms with Crippen molar-refractivity contribution in [3.8, 4) is 0 Å². The average molecular weight is 1450 g/mol. The highest BCUT2D eigenvalue weighted by molar-refractivity contribution is 5.29. The van der Waals surface area contributed by atoms with Crippen LogP contribution in [-0.2, 0) is 34.0 Å². The van der Waals surface area contributed by atoms with Crippen LogP contribution in [0.25, 0.3) is 0 Å². The van der Waals surface area contributed by atoms with Gasteiger partial charge in [-0.25, -0.2) is 0 Å². The molecule has 6 N–H and O–H groups in total. The zero-order valence-corrected chi connectivity index (χ0v) is 68.9. The minimum Gasteiger partial charge on any atom is -0.392 e. The quantitative estimate of drug-likeness (QED) is 0.0344. The summed E-state index contributed by atoms with van der Waals surface area (Å²) in [5, 5.41) is 68.0. The number of hydrogen-bond donors (Lipinski definition) is 6. The fourth-order valence-corrected chi connectivity index (χ4v) is 15.0. The van der Waals surface area contributed by atoms with Crippen molar-refractivity contribution in [1.82, 2.24) is 14.7 Å². The zero-order chi connectivity index (χ0) is 74.1. The van der Waals surface area contributed by atoms with Gasteiger partial charge in [-0.1, -0.05) is 368 Å². The van der Waals surface area contributed by atoms with Gasteiger partial charge in [0.05, 0.1) is 56.4 Å². The minimum atomic E-state index is -0.404. The lowest BCUT2D eigenvalue weighted by Crippen LogP contribution is -2.39. The lowest BCUT2D eigenvalue weighted by atomic mass is 10.0. The second-order valence-electron chi connectivity index (χ2n) is 32.2. The van der Waals surface area contributed by atoms with Crippen LogP contribution in [0.3, 0.4) is 0 Å². The summed E-state index contributed by atoms with van der Waals surface area (Å²) < 4.78 is 19.5. The van der Waals surface area contributed by atoms with Crippen molar-refractivity contribution in [2.45, 2.75) is 464 Å². The molecule has 6 atom stereocenters. The van der Waals surface area contributed by atoms with Crippen LogP contribution in [0.2, 0.25) is 0 Å². The molecule has 12 nitrogen and oxygen atoms in total. The summed E-state index contributed by atoms with van der Waals surface area (Å²) in [6.45, 7) is 22.5. The number of rotatable bonds is 84. The maximum Gasteiger partial charge on any atom is 0.0717 e. The zero-order valence-electron chi connectivity index (χ0n) is 68.9. The van der Waals surface area contributed by atoms with E-state index in [9.17, 15) is 30.6 Å². The number of unbranched alkanes of at least 4 members (excludes halogenated alkanes) is 42. The van der Waals surface area contributed by atoms with Crippen LogP contribution >= 0.6 is 0 Å². The first-order valence-electron chi connectivity index (χ1n) is 45.1. The fraction of sp³-hybridized carbons (Fsp3) is 0.933. The van der Waals surface area contributed by atoms with E-state index < -0.39 is 36.6 Å². The molecule has 1 aromatic rings. The van der Waals surface area contributed by atoms with Crippen LogP contribution in [0.1, 0.15) is 424 Å². The molecule has 0 saturated heterocycles. The van der Waals surface area contributed by atoms with Gasteiger partial charge in [-0.15, -0.1) is 0 Å². The monoisotopic (exact) mass is 1440 g/mol. The molecule has 12 heteroatoms. The number of hydrogen-bond acceptors (Lipinski definition) is 12. The molecular weight excluding hydrogens is 1270 g/mol. The molecule has 1 rings (SSSR count). The summed E-state index contributed by atoms with van der Waals surface area (Å²) in [5.74, 6) is 0. The number of benzene rings is 1. The summed E-state index contributed by atoms with van der Waals surface area (Å²) in [6.07, 6.45) is 64.8. The highest BCUT2D eigenvalue weighted by Gasteiger charge is 2.20. The maximum atomic E-state index is 11.3. The van der Waals surface area contributed by atoms with Gasteiger partial charge in [0, 0.05) is 78.7 Å². The molecule has 0 heterocycles. The van der Waals surface area contributed by atoms with E-state index in [1.165, 1.54) is 270 Å². The van der Waals surface area contributed by atoms with Crippen molar-refractivity contribution in [3.05, 3.63) is 34.9 Å². The Kier molecular flexibility index (Phi) is 74.1. The molecule has 606 valence electrons. The Morgan fingerprint density at radius 2 is 0.363 bits per heavy atom. The van der Waals surface area contributed by atoms with E-state index in [1.54, 1.807) is 0 Å². The highest BCUT2D eigenvalue weighted by Crippen LogP contribution is 2.21. The smallest absolute Gasteiger partial charge is 0.0717 e. The molecule has 0 saturated carbocycles. The number of aliphatic hydroxyl groups excluding tert-OH is 6. The highest BCUT2D eigenvalue weighted by atomic mass is 16.5. The standard InChI is InChI=1S/C90H177N3O9/c1-7-13-19-25-31-37-43-49-58-85(94)73-91(74-86(95)59-50-44-38-32-26-20-14-8-2)64-55-67-100-79-82-70-83(80-101-68-56-65-92(75-87(96)60-51-45-39-33-27-21-15-9-3)76-88(97)61-52-46-40-34-28-22-16-10-4)72-84(71-82)81-102-69-57-66-93(77-89(98)62-53-47-41-35-29-23-17-11-5)78-90(99)63-54-48-42-36-30-24-18-12-6/h70-72,85-90,94-99H,7-69,73-81H2,1-6H3. The molecule has 0 spiro atoms. The first kappa shape index (κ1) is 98.7. The maximum absolute atomic E-state index is 11.3. The van der Waals surface area contributed by atoms with Crippen LogP contribution in [-0.4, -0.2) is 161 Å². The number of nitrogens with zero attached hydrogens (tertiary/aromatic N) is 3. The predicted molar refractivity (Wildman–Crippen MR) is 438 cm³/mol. The Balaban J connectivity index is 3.23. The molecule has 6 unspecified atom stereocenters. The van der Waals surface area contributed by atoms with Gasteiger partial charge < -0.3 is 44.8 Å². The topological polar surface area (TPSA) is 159 Å². The Labute approximate surface area is 633 Å². The van der Waals surface area contributed by atoms with E-state index >= 15 is 0 Å². The fourth-order valence-electron chi connectivity index (χ4n) is 15.0. The third-order valence-corrected chi connectivity index (χ3v) is 21.4. The van der Waals surface area contributed by atoms with Crippen LogP contribution in [0.5, 0.6) is 0 Å². The second-order valence-corrected chi connectivity index (χ2v) is 32.2. The molecule has 1 aromatic carbocycles. The predicted octanol–water partition coefficient (Wildman–Crippen LogP) is 22.7. The third-order valence-electron chi connectivity index (χ3n) is 21.4. The van der Waals surface area contributed by atoms with Gasteiger partial charge in [0.25, 0.3) is 0 Å². The molecule has 102 heavy (non-hydrogen) atoms. The third kappa shape index (κ3) is 66.9. The molecular formula is C90H177N3O9. The normalized spacial score (nSPS) is 13.9. The van der Waals surface area contributed by atoms with E-state index in [4.69, 9.17) is 14.2 Å². The summed E-state index contributed by atoms with van der Waals surface area (Å²) in [5.41, 5.74) is 3.24. The largest absolute Gasteiger partial charge is 0.392 e. The molecule has 0 aliphatic rings. The van der Waals surface area contributed by atoms with Gasteiger partial charge in [0.15, 0.2) is 0 Å². The number of aliphatic hydroxyl groups is 6. The summed E-state index contributed by atoms with van der Waals surface area (Å²) in [6, 6.07) is 6.64. The van der Waals surface area contributed by atoms with Gasteiger partial charge >= 0.3 is 0 Å². The van der Waals surface area contributed by atoms with Crippen molar-refractivity contribution < 1.29 is 44.8 Å². The van der Waals surface area contributed by atoms with Crippen molar-refractivity contribution >= 4 is 0 Å². The Morgan fingerprint density at radius 1 is 0.216 bits per heavy atom. The van der Waals surface area contributed by atoms with E-state index in [2.05, 4.69) is 74.4 Å². The van der Waals surface area contributed by atoms with Gasteiger partial charge in [-0.2, -0.15) is 0 Å². The lowest BCUT2D eigenvalue weighted by Gasteiger charge is -2.27. The Morgan fingerprint density at radius 3 is 0.520 bits per heavy atom. The van der Waals surface area contributed by atoms with Crippen LogP contribution < -0.4 is 0 Å². The van der Waals surface area contributed by atoms with E-state index in [0.717, 1.165) is 133 Å². The van der Waals surface area contributed by atoms with Gasteiger partial charge in [0.1, 0.15) is 0 Å². The van der Waals surface area contributed by atoms with Crippen molar-refractivity contribution in [2.24, 2.45) is 0 Å². The Bertz CT molecular complexity index is 1520. The first-order chi connectivity index (χ1) is 50.0. The summed E-state index contributed by atoms with van der Waals surface area (Å²) >= 11 is 0. The van der Waals surface area contributed by atoms with E-state index in [0.29, 0.717) is 78.9 Å². The van der Waals surface area contributed by atoms with Crippen LogP contribution in [0, 0.1) is 0 Å².